The first-order valence-electron chi connectivity index (χ1n) is 19.0. The van der Waals surface area contributed by atoms with Gasteiger partial charge in [-0.3, -0.25) is 9.59 Å². The lowest BCUT2D eigenvalue weighted by Crippen LogP contribution is -2.35. The van der Waals surface area contributed by atoms with Crippen molar-refractivity contribution in [3.05, 3.63) is 0 Å². The topological polar surface area (TPSA) is 52.6 Å². The van der Waals surface area contributed by atoms with Crippen LogP contribution >= 0.6 is 0 Å². The summed E-state index contributed by atoms with van der Waals surface area (Å²) >= 11 is 0. The number of hydrogen-bond donors (Lipinski definition) is 0. The number of esters is 2. The fraction of sp³-hybridized carbons (Fsp3) is 0.947. The monoisotopic (exact) mass is 595 g/mol. The van der Waals surface area contributed by atoms with Crippen LogP contribution in [0, 0.1) is 0 Å². The second kappa shape index (κ2) is 32.8. The molecule has 0 rings (SSSR count). The van der Waals surface area contributed by atoms with Crippen molar-refractivity contribution in [2.24, 2.45) is 0 Å². The number of unbranched alkanes of at least 4 members (excludes halogenated alkanes) is 22. The first-order chi connectivity index (χ1) is 20.6. The SMILES string of the molecule is CCCCCCCCCCCCCC(=O)OC(CCCC)C(CCCC)OC(=O)CCCCCCCCCCCCC. The van der Waals surface area contributed by atoms with Crippen molar-refractivity contribution in [3.63, 3.8) is 0 Å². The van der Waals surface area contributed by atoms with Gasteiger partial charge >= 0.3 is 11.9 Å². The maximum absolute atomic E-state index is 12.8. The van der Waals surface area contributed by atoms with Crippen molar-refractivity contribution in [3.8, 4) is 0 Å². The molecule has 0 aromatic rings. The molecule has 0 radical (unpaired) electrons. The van der Waals surface area contributed by atoms with Crippen LogP contribution in [0.15, 0.2) is 0 Å². The van der Waals surface area contributed by atoms with Crippen molar-refractivity contribution in [2.45, 2.75) is 233 Å². The highest BCUT2D eigenvalue weighted by atomic mass is 16.6. The molecule has 0 fully saturated rings. The molecule has 0 aromatic heterocycles. The Morgan fingerprint density at radius 2 is 0.595 bits per heavy atom. The van der Waals surface area contributed by atoms with E-state index in [2.05, 4.69) is 27.7 Å². The molecule has 0 aliphatic carbocycles. The molecule has 0 spiro atoms. The average molecular weight is 595 g/mol. The molecule has 0 aliphatic heterocycles. The Morgan fingerprint density at radius 3 is 0.857 bits per heavy atom. The van der Waals surface area contributed by atoms with Gasteiger partial charge in [-0.25, -0.2) is 0 Å². The molecule has 0 saturated heterocycles. The zero-order chi connectivity index (χ0) is 30.9. The van der Waals surface area contributed by atoms with Crippen LogP contribution in [0.25, 0.3) is 0 Å². The van der Waals surface area contributed by atoms with E-state index in [4.69, 9.17) is 9.47 Å². The molecule has 0 saturated carbocycles. The summed E-state index contributed by atoms with van der Waals surface area (Å²) in [6.45, 7) is 8.84. The summed E-state index contributed by atoms with van der Waals surface area (Å²) in [6, 6.07) is 0. The van der Waals surface area contributed by atoms with Crippen molar-refractivity contribution < 1.29 is 19.1 Å². The molecular formula is C38H74O4. The van der Waals surface area contributed by atoms with Gasteiger partial charge in [0.15, 0.2) is 0 Å². The third-order valence-corrected chi connectivity index (χ3v) is 8.63. The number of carbonyl (C=O) groups is 2. The lowest BCUT2D eigenvalue weighted by molar-refractivity contribution is -0.169. The van der Waals surface area contributed by atoms with Crippen LogP contribution in [0.1, 0.15) is 220 Å². The first-order valence-corrected chi connectivity index (χ1v) is 19.0. The zero-order valence-electron chi connectivity index (χ0n) is 29.0. The summed E-state index contributed by atoms with van der Waals surface area (Å²) in [6.07, 6.45) is 33.9. The van der Waals surface area contributed by atoms with Gasteiger partial charge in [-0.15, -0.1) is 0 Å². The predicted octanol–water partition coefficient (Wildman–Crippen LogP) is 12.6. The van der Waals surface area contributed by atoms with E-state index in [1.54, 1.807) is 0 Å². The molecule has 2 unspecified atom stereocenters. The maximum Gasteiger partial charge on any atom is 0.306 e. The van der Waals surface area contributed by atoms with E-state index in [-0.39, 0.29) is 24.1 Å². The summed E-state index contributed by atoms with van der Waals surface area (Å²) in [4.78, 5) is 25.5. The molecule has 0 heterocycles. The Labute approximate surface area is 263 Å². The van der Waals surface area contributed by atoms with Gasteiger partial charge in [0.2, 0.25) is 0 Å². The van der Waals surface area contributed by atoms with Crippen molar-refractivity contribution in [1.29, 1.82) is 0 Å². The summed E-state index contributed by atoms with van der Waals surface area (Å²) < 4.78 is 12.0. The van der Waals surface area contributed by atoms with Gasteiger partial charge in [0, 0.05) is 12.8 Å². The molecule has 2 atom stereocenters. The Kier molecular flexibility index (Phi) is 32.0. The second-order valence-electron chi connectivity index (χ2n) is 12.9. The standard InChI is InChI=1S/C38H74O4/c1-5-9-13-15-17-19-21-23-25-27-29-33-37(39)41-35(31-11-7-3)36(32-12-8-4)42-38(40)34-30-28-26-24-22-20-18-16-14-10-6-2/h35-36H,5-34H2,1-4H3. The number of carbonyl (C=O) groups excluding carboxylic acids is 2. The summed E-state index contributed by atoms with van der Waals surface area (Å²) in [5, 5.41) is 0. The highest BCUT2D eigenvalue weighted by Gasteiger charge is 2.28. The lowest BCUT2D eigenvalue weighted by atomic mass is 10.0. The van der Waals surface area contributed by atoms with E-state index >= 15 is 0 Å². The van der Waals surface area contributed by atoms with E-state index in [0.717, 1.165) is 64.2 Å². The minimum absolute atomic E-state index is 0.116. The average Bonchev–Trinajstić information content (AvgIpc) is 2.98. The Bertz CT molecular complexity index is 525. The molecule has 0 aromatic carbocycles. The largest absolute Gasteiger partial charge is 0.458 e. The number of ether oxygens (including phenoxy) is 2. The van der Waals surface area contributed by atoms with E-state index in [9.17, 15) is 9.59 Å². The Hall–Kier alpha value is -1.06. The fourth-order valence-corrected chi connectivity index (χ4v) is 5.77. The second-order valence-corrected chi connectivity index (χ2v) is 12.9. The number of hydrogen-bond acceptors (Lipinski definition) is 4. The smallest absolute Gasteiger partial charge is 0.306 e. The third kappa shape index (κ3) is 27.8. The minimum Gasteiger partial charge on any atom is -0.458 e. The Balaban J connectivity index is 4.32. The first kappa shape index (κ1) is 40.9. The molecule has 250 valence electrons. The summed E-state index contributed by atoms with van der Waals surface area (Å²) in [5.41, 5.74) is 0. The van der Waals surface area contributed by atoms with Gasteiger partial charge in [-0.2, -0.15) is 0 Å². The zero-order valence-corrected chi connectivity index (χ0v) is 29.0. The fourth-order valence-electron chi connectivity index (χ4n) is 5.77. The van der Waals surface area contributed by atoms with E-state index < -0.39 is 0 Å². The lowest BCUT2D eigenvalue weighted by Gasteiger charge is -2.27. The van der Waals surface area contributed by atoms with Crippen molar-refractivity contribution in [2.75, 3.05) is 0 Å². The highest BCUT2D eigenvalue weighted by Crippen LogP contribution is 2.21. The van der Waals surface area contributed by atoms with E-state index in [0.29, 0.717) is 12.8 Å². The Morgan fingerprint density at radius 1 is 0.357 bits per heavy atom. The maximum atomic E-state index is 12.8. The molecule has 0 bridgehead atoms. The van der Waals surface area contributed by atoms with Crippen LogP contribution < -0.4 is 0 Å². The number of rotatable bonds is 33. The van der Waals surface area contributed by atoms with Gasteiger partial charge in [0.1, 0.15) is 12.2 Å². The molecule has 0 N–H and O–H groups in total. The van der Waals surface area contributed by atoms with Crippen LogP contribution in [-0.2, 0) is 19.1 Å². The molecular weight excluding hydrogens is 520 g/mol. The normalized spacial score (nSPS) is 12.8. The molecule has 0 aliphatic rings. The van der Waals surface area contributed by atoms with Gasteiger partial charge in [-0.05, 0) is 38.5 Å². The van der Waals surface area contributed by atoms with Gasteiger partial charge in [0.25, 0.3) is 0 Å². The van der Waals surface area contributed by atoms with E-state index in [1.807, 2.05) is 0 Å². The summed E-state index contributed by atoms with van der Waals surface area (Å²) in [7, 11) is 0. The highest BCUT2D eigenvalue weighted by molar-refractivity contribution is 5.70. The van der Waals surface area contributed by atoms with E-state index in [1.165, 1.54) is 116 Å². The van der Waals surface area contributed by atoms with Crippen molar-refractivity contribution >= 4 is 11.9 Å². The van der Waals surface area contributed by atoms with Crippen LogP contribution in [0.4, 0.5) is 0 Å². The van der Waals surface area contributed by atoms with Gasteiger partial charge in [0.05, 0.1) is 0 Å². The van der Waals surface area contributed by atoms with Crippen LogP contribution in [0.3, 0.4) is 0 Å². The van der Waals surface area contributed by atoms with Crippen molar-refractivity contribution in [1.82, 2.24) is 0 Å². The van der Waals surface area contributed by atoms with Crippen LogP contribution in [-0.4, -0.2) is 24.1 Å². The molecule has 4 heteroatoms. The third-order valence-electron chi connectivity index (χ3n) is 8.63. The quantitative estimate of drug-likeness (QED) is 0.0560. The summed E-state index contributed by atoms with van der Waals surface area (Å²) in [5.74, 6) is -0.232. The van der Waals surface area contributed by atoms with Crippen LogP contribution in [0.2, 0.25) is 0 Å². The van der Waals surface area contributed by atoms with Gasteiger partial charge < -0.3 is 9.47 Å². The molecule has 42 heavy (non-hydrogen) atoms. The van der Waals surface area contributed by atoms with Gasteiger partial charge in [-0.1, -0.05) is 169 Å². The molecule has 4 nitrogen and oxygen atoms in total. The van der Waals surface area contributed by atoms with Crippen LogP contribution in [0.5, 0.6) is 0 Å². The predicted molar refractivity (Wildman–Crippen MR) is 181 cm³/mol. The molecule has 0 amide bonds. The minimum atomic E-state index is -0.307.